The Balaban J connectivity index is 1.83. The maximum atomic E-state index is 12.8. The summed E-state index contributed by atoms with van der Waals surface area (Å²) in [4.78, 5) is 12.8. The van der Waals surface area contributed by atoms with E-state index in [4.69, 9.17) is 0 Å². The van der Waals surface area contributed by atoms with Gasteiger partial charge in [0.15, 0.2) is 0 Å². The van der Waals surface area contributed by atoms with Crippen molar-refractivity contribution in [3.05, 3.63) is 59.1 Å². The number of nitrogens with zero attached hydrogens (tertiary/aromatic N) is 1. The maximum Gasteiger partial charge on any atom is 0.243 e. The molecule has 0 aliphatic carbocycles. The van der Waals surface area contributed by atoms with Gasteiger partial charge in [0.25, 0.3) is 0 Å². The van der Waals surface area contributed by atoms with E-state index >= 15 is 0 Å². The van der Waals surface area contributed by atoms with Crippen LogP contribution in [0, 0.1) is 0 Å². The summed E-state index contributed by atoms with van der Waals surface area (Å²) >= 11 is 3.38. The van der Waals surface area contributed by atoms with Crippen LogP contribution in [-0.4, -0.2) is 31.2 Å². The zero-order valence-corrected chi connectivity index (χ0v) is 15.3. The van der Waals surface area contributed by atoms with Crippen LogP contribution in [0.4, 0.5) is 5.69 Å². The molecule has 1 N–H and O–H groups in total. The van der Waals surface area contributed by atoms with E-state index in [0.717, 1.165) is 4.47 Å². The molecule has 1 heterocycles. The molecule has 1 atom stereocenters. The summed E-state index contributed by atoms with van der Waals surface area (Å²) in [6.45, 7) is 0.352. The van der Waals surface area contributed by atoms with Crippen LogP contribution in [0.1, 0.15) is 12.8 Å². The van der Waals surface area contributed by atoms with E-state index in [-0.39, 0.29) is 10.8 Å². The highest BCUT2D eigenvalue weighted by Gasteiger charge is 2.39. The quantitative estimate of drug-likeness (QED) is 0.843. The molecular weight excluding hydrogens is 392 g/mol. The van der Waals surface area contributed by atoms with Crippen molar-refractivity contribution in [3.63, 3.8) is 0 Å². The first-order valence-electron chi connectivity index (χ1n) is 7.62. The summed E-state index contributed by atoms with van der Waals surface area (Å²) < 4.78 is 27.7. The Morgan fingerprint density at radius 1 is 1.08 bits per heavy atom. The SMILES string of the molecule is O=C(Nc1ccccc1Br)[C@@H]1CCCN1S(=O)(=O)c1ccccc1. The molecule has 0 unspecified atom stereocenters. The van der Waals surface area contributed by atoms with Crippen LogP contribution in [0.2, 0.25) is 0 Å². The van der Waals surface area contributed by atoms with E-state index in [2.05, 4.69) is 21.2 Å². The zero-order valence-electron chi connectivity index (χ0n) is 12.9. The highest BCUT2D eigenvalue weighted by molar-refractivity contribution is 9.10. The summed E-state index contributed by atoms with van der Waals surface area (Å²) in [6, 6.07) is 14.8. The summed E-state index contributed by atoms with van der Waals surface area (Å²) in [5.41, 5.74) is 0.631. The molecular formula is C17H17BrN2O3S. The zero-order chi connectivity index (χ0) is 17.2. The van der Waals surface area contributed by atoms with Gasteiger partial charge in [0.1, 0.15) is 6.04 Å². The molecule has 1 aliphatic rings. The van der Waals surface area contributed by atoms with Crippen molar-refractivity contribution in [1.29, 1.82) is 0 Å². The molecule has 0 aromatic heterocycles. The fourth-order valence-corrected chi connectivity index (χ4v) is 4.86. The van der Waals surface area contributed by atoms with E-state index in [0.29, 0.717) is 25.1 Å². The normalized spacial score (nSPS) is 18.5. The number of halogens is 1. The monoisotopic (exact) mass is 408 g/mol. The van der Waals surface area contributed by atoms with Gasteiger partial charge in [-0.3, -0.25) is 4.79 Å². The van der Waals surface area contributed by atoms with Gasteiger partial charge in [-0.2, -0.15) is 4.31 Å². The van der Waals surface area contributed by atoms with E-state index in [9.17, 15) is 13.2 Å². The molecule has 0 saturated carbocycles. The highest BCUT2D eigenvalue weighted by Crippen LogP contribution is 2.28. The van der Waals surface area contributed by atoms with Gasteiger partial charge in [0.2, 0.25) is 15.9 Å². The van der Waals surface area contributed by atoms with Crippen molar-refractivity contribution in [2.75, 3.05) is 11.9 Å². The minimum atomic E-state index is -3.67. The number of hydrogen-bond donors (Lipinski definition) is 1. The first-order chi connectivity index (χ1) is 11.5. The van der Waals surface area contributed by atoms with Gasteiger partial charge in [-0.05, 0) is 53.0 Å². The average Bonchev–Trinajstić information content (AvgIpc) is 3.08. The van der Waals surface area contributed by atoms with Gasteiger partial charge in [0, 0.05) is 11.0 Å². The minimum absolute atomic E-state index is 0.214. The Kier molecular flexibility index (Phi) is 5.03. The molecule has 1 fully saturated rings. The average molecular weight is 409 g/mol. The Morgan fingerprint density at radius 3 is 2.46 bits per heavy atom. The molecule has 24 heavy (non-hydrogen) atoms. The fourth-order valence-electron chi connectivity index (χ4n) is 2.80. The fraction of sp³-hybridized carbons (Fsp3) is 0.235. The summed E-state index contributed by atoms with van der Waals surface area (Å²) in [6.07, 6.45) is 1.18. The van der Waals surface area contributed by atoms with Gasteiger partial charge < -0.3 is 5.32 Å². The molecule has 5 nitrogen and oxygen atoms in total. The van der Waals surface area contributed by atoms with Gasteiger partial charge in [-0.15, -0.1) is 0 Å². The first-order valence-corrected chi connectivity index (χ1v) is 9.86. The van der Waals surface area contributed by atoms with Gasteiger partial charge >= 0.3 is 0 Å². The standard InChI is InChI=1S/C17H17BrN2O3S/c18-14-9-4-5-10-15(14)19-17(21)16-11-6-12-20(16)24(22,23)13-7-2-1-3-8-13/h1-5,7-10,16H,6,11-12H2,(H,19,21)/t16-/m0/s1. The Morgan fingerprint density at radius 2 is 1.75 bits per heavy atom. The molecule has 126 valence electrons. The Hall–Kier alpha value is -1.70. The lowest BCUT2D eigenvalue weighted by molar-refractivity contribution is -0.119. The van der Waals surface area contributed by atoms with Crippen LogP contribution in [0.25, 0.3) is 0 Å². The Labute approximate surface area is 149 Å². The van der Waals surface area contributed by atoms with Crippen LogP contribution in [0.3, 0.4) is 0 Å². The molecule has 2 aromatic carbocycles. The second-order valence-corrected chi connectivity index (χ2v) is 8.30. The van der Waals surface area contributed by atoms with Crippen LogP contribution >= 0.6 is 15.9 Å². The predicted molar refractivity (Wildman–Crippen MR) is 96.1 cm³/mol. The predicted octanol–water partition coefficient (Wildman–Crippen LogP) is 3.24. The Bertz CT molecular complexity index is 840. The molecule has 0 radical (unpaired) electrons. The summed E-state index contributed by atoms with van der Waals surface area (Å²) in [7, 11) is -3.67. The van der Waals surface area contributed by atoms with Crippen LogP contribution in [-0.2, 0) is 14.8 Å². The second-order valence-electron chi connectivity index (χ2n) is 5.56. The van der Waals surface area contributed by atoms with Crippen LogP contribution in [0.5, 0.6) is 0 Å². The molecule has 0 bridgehead atoms. The third-order valence-electron chi connectivity index (χ3n) is 3.99. The molecule has 1 aliphatic heterocycles. The first kappa shape index (κ1) is 17.1. The van der Waals surface area contributed by atoms with Crippen molar-refractivity contribution in [2.24, 2.45) is 0 Å². The lowest BCUT2D eigenvalue weighted by atomic mass is 10.2. The molecule has 3 rings (SSSR count). The van der Waals surface area contributed by atoms with Crippen molar-refractivity contribution >= 4 is 37.5 Å². The van der Waals surface area contributed by atoms with E-state index in [1.54, 1.807) is 36.4 Å². The largest absolute Gasteiger partial charge is 0.324 e. The van der Waals surface area contributed by atoms with E-state index < -0.39 is 16.1 Å². The van der Waals surface area contributed by atoms with Crippen molar-refractivity contribution in [1.82, 2.24) is 4.31 Å². The van der Waals surface area contributed by atoms with E-state index in [1.807, 2.05) is 18.2 Å². The lowest BCUT2D eigenvalue weighted by Crippen LogP contribution is -2.43. The second kappa shape index (κ2) is 7.04. The maximum absolute atomic E-state index is 12.8. The number of sulfonamides is 1. The van der Waals surface area contributed by atoms with Crippen LogP contribution < -0.4 is 5.32 Å². The van der Waals surface area contributed by atoms with Crippen molar-refractivity contribution < 1.29 is 13.2 Å². The number of nitrogens with one attached hydrogen (secondary N) is 1. The van der Waals surface area contributed by atoms with Crippen molar-refractivity contribution in [2.45, 2.75) is 23.8 Å². The van der Waals surface area contributed by atoms with Crippen molar-refractivity contribution in [3.8, 4) is 0 Å². The third kappa shape index (κ3) is 3.38. The molecule has 0 spiro atoms. The van der Waals surface area contributed by atoms with Crippen LogP contribution in [0.15, 0.2) is 64.0 Å². The number of para-hydroxylation sites is 1. The molecule has 2 aromatic rings. The topological polar surface area (TPSA) is 66.5 Å². The number of benzene rings is 2. The molecule has 7 heteroatoms. The lowest BCUT2D eigenvalue weighted by Gasteiger charge is -2.23. The highest BCUT2D eigenvalue weighted by atomic mass is 79.9. The third-order valence-corrected chi connectivity index (χ3v) is 6.60. The number of rotatable bonds is 4. The minimum Gasteiger partial charge on any atom is -0.324 e. The number of carbonyl (C=O) groups is 1. The van der Waals surface area contributed by atoms with Gasteiger partial charge in [-0.1, -0.05) is 30.3 Å². The number of carbonyl (C=O) groups excluding carboxylic acids is 1. The van der Waals surface area contributed by atoms with Gasteiger partial charge in [-0.25, -0.2) is 8.42 Å². The molecule has 1 amide bonds. The number of hydrogen-bond acceptors (Lipinski definition) is 3. The number of anilines is 1. The van der Waals surface area contributed by atoms with E-state index in [1.165, 1.54) is 4.31 Å². The summed E-state index contributed by atoms with van der Waals surface area (Å²) in [5.74, 6) is -0.307. The smallest absolute Gasteiger partial charge is 0.243 e. The van der Waals surface area contributed by atoms with Gasteiger partial charge in [0.05, 0.1) is 10.6 Å². The molecule has 1 saturated heterocycles. The number of amides is 1. The summed E-state index contributed by atoms with van der Waals surface area (Å²) in [5, 5.41) is 2.81.